The van der Waals surface area contributed by atoms with Gasteiger partial charge in [-0.25, -0.2) is 0 Å². The normalized spacial score (nSPS) is 11.8. The predicted molar refractivity (Wildman–Crippen MR) is 63.8 cm³/mol. The van der Waals surface area contributed by atoms with Gasteiger partial charge in [0.1, 0.15) is 5.82 Å². The van der Waals surface area contributed by atoms with Crippen molar-refractivity contribution in [1.29, 1.82) is 0 Å². The van der Waals surface area contributed by atoms with E-state index in [-0.39, 0.29) is 17.7 Å². The zero-order valence-electron chi connectivity index (χ0n) is 9.90. The van der Waals surface area contributed by atoms with Crippen molar-refractivity contribution in [1.82, 2.24) is 10.2 Å². The van der Waals surface area contributed by atoms with Gasteiger partial charge in [-0.05, 0) is 12.8 Å². The van der Waals surface area contributed by atoms with Crippen molar-refractivity contribution >= 4 is 17.6 Å². The summed E-state index contributed by atoms with van der Waals surface area (Å²) in [6, 6.07) is 0. The molecule has 0 saturated carbocycles. The summed E-state index contributed by atoms with van der Waals surface area (Å²) in [4.78, 5) is 11.8. The number of carbonyl (C=O) groups is 1. The molecule has 0 radical (unpaired) electrons. The van der Waals surface area contributed by atoms with Gasteiger partial charge in [0.2, 0.25) is 5.91 Å². The smallest absolute Gasteiger partial charge is 0.228 e. The van der Waals surface area contributed by atoms with Crippen molar-refractivity contribution in [2.75, 3.05) is 5.32 Å². The van der Waals surface area contributed by atoms with Crippen molar-refractivity contribution in [3.8, 4) is 0 Å². The van der Waals surface area contributed by atoms with Crippen LogP contribution in [0.1, 0.15) is 32.3 Å². The number of hydrogen-bond acceptors (Lipinski definition) is 4. The van der Waals surface area contributed by atoms with Crippen LogP contribution in [0, 0.1) is 5.92 Å². The summed E-state index contributed by atoms with van der Waals surface area (Å²) >= 11 is 0. The third-order valence-corrected chi connectivity index (χ3v) is 2.63. The van der Waals surface area contributed by atoms with Gasteiger partial charge in [-0.3, -0.25) is 9.89 Å². The van der Waals surface area contributed by atoms with Crippen LogP contribution >= 0.6 is 0 Å². The molecule has 0 aliphatic carbocycles. The number of amides is 1. The van der Waals surface area contributed by atoms with Gasteiger partial charge in [-0.15, -0.1) is 0 Å². The van der Waals surface area contributed by atoms with Gasteiger partial charge in [0.25, 0.3) is 0 Å². The number of rotatable bonds is 5. The van der Waals surface area contributed by atoms with E-state index in [1.54, 1.807) is 0 Å². The molecule has 1 aromatic heterocycles. The average Bonchev–Trinajstić information content (AvgIpc) is 2.77. The van der Waals surface area contributed by atoms with E-state index in [2.05, 4.69) is 20.7 Å². The number of nitrogens with two attached hydrogens (primary N) is 1. The Balaban J connectivity index is 2.82. The van der Waals surface area contributed by atoms with Gasteiger partial charge >= 0.3 is 0 Å². The number of oxime groups is 1. The van der Waals surface area contributed by atoms with E-state index in [0.29, 0.717) is 11.4 Å². The maximum atomic E-state index is 11.8. The Hall–Kier alpha value is -2.05. The Bertz CT molecular complexity index is 409. The van der Waals surface area contributed by atoms with E-state index in [0.717, 1.165) is 12.8 Å². The number of nitrogens with one attached hydrogen (secondary N) is 2. The van der Waals surface area contributed by atoms with E-state index in [4.69, 9.17) is 10.9 Å². The first kappa shape index (κ1) is 13.0. The van der Waals surface area contributed by atoms with Gasteiger partial charge in [0, 0.05) is 5.92 Å². The average molecular weight is 239 g/mol. The Labute approximate surface area is 99.1 Å². The highest BCUT2D eigenvalue weighted by Gasteiger charge is 2.17. The first-order chi connectivity index (χ1) is 8.13. The zero-order chi connectivity index (χ0) is 12.8. The van der Waals surface area contributed by atoms with E-state index in [1.807, 2.05) is 13.8 Å². The lowest BCUT2D eigenvalue weighted by atomic mass is 10.0. The minimum Gasteiger partial charge on any atom is -0.409 e. The summed E-state index contributed by atoms with van der Waals surface area (Å²) < 4.78 is 0. The molecule has 1 amide bonds. The Morgan fingerprint density at radius 1 is 1.65 bits per heavy atom. The van der Waals surface area contributed by atoms with Gasteiger partial charge < -0.3 is 16.3 Å². The monoisotopic (exact) mass is 239 g/mol. The molecule has 0 unspecified atom stereocenters. The van der Waals surface area contributed by atoms with Crippen molar-refractivity contribution in [3.63, 3.8) is 0 Å². The van der Waals surface area contributed by atoms with Crippen molar-refractivity contribution in [2.24, 2.45) is 16.8 Å². The quantitative estimate of drug-likeness (QED) is 0.264. The largest absolute Gasteiger partial charge is 0.409 e. The number of aromatic amines is 1. The fraction of sp³-hybridized carbons (Fsp3) is 0.500. The minimum atomic E-state index is -0.105. The van der Waals surface area contributed by atoms with E-state index in [9.17, 15) is 4.79 Å². The summed E-state index contributed by atoms with van der Waals surface area (Å²) in [5.74, 6) is 0.0838. The van der Waals surface area contributed by atoms with Crippen LogP contribution < -0.4 is 11.1 Å². The van der Waals surface area contributed by atoms with Crippen LogP contribution in [0.15, 0.2) is 11.4 Å². The summed E-state index contributed by atoms with van der Waals surface area (Å²) in [6.45, 7) is 3.90. The highest BCUT2D eigenvalue weighted by atomic mass is 16.4. The van der Waals surface area contributed by atoms with Crippen LogP contribution in [0.25, 0.3) is 0 Å². The molecule has 1 rings (SSSR count). The van der Waals surface area contributed by atoms with Gasteiger partial charge in [0.05, 0.1) is 11.8 Å². The third kappa shape index (κ3) is 2.96. The van der Waals surface area contributed by atoms with Gasteiger partial charge in [-0.2, -0.15) is 5.10 Å². The van der Waals surface area contributed by atoms with E-state index >= 15 is 0 Å². The molecule has 1 aromatic rings. The molecule has 0 fully saturated rings. The lowest BCUT2D eigenvalue weighted by molar-refractivity contribution is -0.120. The number of hydrogen-bond donors (Lipinski definition) is 4. The maximum Gasteiger partial charge on any atom is 0.228 e. The minimum absolute atomic E-state index is 0.0570. The van der Waals surface area contributed by atoms with E-state index in [1.165, 1.54) is 6.20 Å². The van der Waals surface area contributed by atoms with Crippen LogP contribution in [0.5, 0.6) is 0 Å². The summed E-state index contributed by atoms with van der Waals surface area (Å²) in [5.41, 5.74) is 5.81. The molecule has 0 bridgehead atoms. The molecule has 17 heavy (non-hydrogen) atoms. The Morgan fingerprint density at radius 2 is 2.29 bits per heavy atom. The Kier molecular flexibility index (Phi) is 4.50. The van der Waals surface area contributed by atoms with Crippen molar-refractivity contribution < 1.29 is 10.0 Å². The standard InChI is InChI=1S/C10H17N5O2/c1-3-6(4-2)10(16)13-9-7(5-12-14-9)8(11)15-17/h5-6,17H,3-4H2,1-2H3,(H2,11,15)(H2,12,13,14,16). The van der Waals surface area contributed by atoms with Gasteiger partial charge in [-0.1, -0.05) is 19.0 Å². The van der Waals surface area contributed by atoms with Crippen LogP contribution in [0.4, 0.5) is 5.82 Å². The highest BCUT2D eigenvalue weighted by molar-refractivity contribution is 6.04. The van der Waals surface area contributed by atoms with Crippen molar-refractivity contribution in [3.05, 3.63) is 11.8 Å². The second kappa shape index (κ2) is 5.88. The number of carbonyl (C=O) groups excluding carboxylic acids is 1. The first-order valence-corrected chi connectivity index (χ1v) is 5.46. The van der Waals surface area contributed by atoms with Crippen molar-refractivity contribution in [2.45, 2.75) is 26.7 Å². The number of nitrogens with zero attached hydrogens (tertiary/aromatic N) is 2. The molecule has 7 heteroatoms. The fourth-order valence-corrected chi connectivity index (χ4v) is 1.51. The molecule has 0 atom stereocenters. The molecule has 1 heterocycles. The molecule has 0 spiro atoms. The number of aromatic nitrogens is 2. The maximum absolute atomic E-state index is 11.8. The molecule has 0 aliphatic rings. The predicted octanol–water partition coefficient (Wildman–Crippen LogP) is 0.879. The molecular weight excluding hydrogens is 222 g/mol. The molecule has 5 N–H and O–H groups in total. The number of H-pyrrole nitrogens is 1. The second-order valence-corrected chi connectivity index (χ2v) is 3.65. The van der Waals surface area contributed by atoms with Crippen LogP contribution in [0.3, 0.4) is 0 Å². The topological polar surface area (TPSA) is 116 Å². The molecule has 7 nitrogen and oxygen atoms in total. The van der Waals surface area contributed by atoms with E-state index < -0.39 is 0 Å². The number of amidine groups is 1. The fourth-order valence-electron chi connectivity index (χ4n) is 1.51. The second-order valence-electron chi connectivity index (χ2n) is 3.65. The zero-order valence-corrected chi connectivity index (χ0v) is 9.90. The highest BCUT2D eigenvalue weighted by Crippen LogP contribution is 2.14. The SMILES string of the molecule is CCC(CC)C(=O)Nc1[nH]ncc1C(N)=NO. The molecule has 0 aliphatic heterocycles. The number of anilines is 1. The molecule has 0 aromatic carbocycles. The summed E-state index contributed by atoms with van der Waals surface area (Å²) in [7, 11) is 0. The van der Waals surface area contributed by atoms with Crippen LogP contribution in [0.2, 0.25) is 0 Å². The lowest BCUT2D eigenvalue weighted by Crippen LogP contribution is -2.24. The Morgan fingerprint density at radius 3 is 2.82 bits per heavy atom. The molecular formula is C10H17N5O2. The van der Waals surface area contributed by atoms with Gasteiger partial charge in [0.15, 0.2) is 5.84 Å². The third-order valence-electron chi connectivity index (χ3n) is 2.63. The van der Waals surface area contributed by atoms with Crippen LogP contribution in [-0.4, -0.2) is 27.1 Å². The summed E-state index contributed by atoms with van der Waals surface area (Å²) in [6.07, 6.45) is 2.91. The molecule has 0 saturated heterocycles. The van der Waals surface area contributed by atoms with Crippen LogP contribution in [-0.2, 0) is 4.79 Å². The summed E-state index contributed by atoms with van der Waals surface area (Å²) in [5, 5.41) is 20.5. The first-order valence-electron chi connectivity index (χ1n) is 5.46. The lowest BCUT2D eigenvalue weighted by Gasteiger charge is -2.12. The molecule has 94 valence electrons.